The van der Waals surface area contributed by atoms with E-state index < -0.39 is 12.0 Å². The molecule has 7 nitrogen and oxygen atoms in total. The maximum Gasteiger partial charge on any atom is 0.354 e. The molecule has 0 saturated carbocycles. The molecule has 1 aromatic carbocycles. The molecule has 1 amide bonds. The summed E-state index contributed by atoms with van der Waals surface area (Å²) >= 11 is 0. The van der Waals surface area contributed by atoms with Crippen molar-refractivity contribution in [2.75, 3.05) is 37.8 Å². The van der Waals surface area contributed by atoms with Crippen LogP contribution in [0.1, 0.15) is 39.0 Å². The van der Waals surface area contributed by atoms with Gasteiger partial charge in [-0.05, 0) is 57.8 Å². The maximum absolute atomic E-state index is 13.6. The fourth-order valence-electron chi connectivity index (χ4n) is 4.63. The first-order valence-corrected chi connectivity index (χ1v) is 10.8. The first-order chi connectivity index (χ1) is 14.2. The van der Waals surface area contributed by atoms with Gasteiger partial charge in [0.25, 0.3) is 0 Å². The number of anilines is 1. The minimum Gasteiger partial charge on any atom is -0.461 e. The van der Waals surface area contributed by atoms with Gasteiger partial charge in [0.2, 0.25) is 5.91 Å². The Hall–Kier alpha value is -2.41. The predicted octanol–water partition coefficient (Wildman–Crippen LogP) is 2.27. The lowest BCUT2D eigenvalue weighted by molar-refractivity contribution is -0.135. The Morgan fingerprint density at radius 1 is 1.10 bits per heavy atom. The number of esters is 1. The molecular weight excluding hydrogens is 368 g/mol. The van der Waals surface area contributed by atoms with Gasteiger partial charge in [-0.3, -0.25) is 9.80 Å². The second-order valence-corrected chi connectivity index (χ2v) is 8.00. The van der Waals surface area contributed by atoms with E-state index in [4.69, 9.17) is 4.74 Å². The molecule has 2 unspecified atom stereocenters. The molecule has 0 aliphatic carbocycles. The van der Waals surface area contributed by atoms with Crippen molar-refractivity contribution in [3.05, 3.63) is 30.3 Å². The topological polar surface area (TPSA) is 65.5 Å². The van der Waals surface area contributed by atoms with E-state index in [1.165, 1.54) is 12.8 Å². The molecule has 0 aromatic heterocycles. The number of rotatable bonds is 6. The largest absolute Gasteiger partial charge is 0.461 e. The van der Waals surface area contributed by atoms with E-state index in [1.54, 1.807) is 11.9 Å². The zero-order valence-corrected chi connectivity index (χ0v) is 17.1. The van der Waals surface area contributed by atoms with Gasteiger partial charge in [-0.15, -0.1) is 0 Å². The van der Waals surface area contributed by atoms with Crippen molar-refractivity contribution in [2.45, 2.75) is 51.1 Å². The standard InChI is InChI=1S/C22H30N4O3/c1-2-29-22(28)19-15-20(26(23-19)17-9-4-3-5-10-17)21(27)25-14-8-11-18(25)16-24-12-6-7-13-24/h3-5,9-10,18,20H,2,6-8,11-16H2,1H3. The highest BCUT2D eigenvalue weighted by Gasteiger charge is 2.42. The van der Waals surface area contributed by atoms with Crippen LogP contribution in [0.3, 0.4) is 0 Å². The lowest BCUT2D eigenvalue weighted by Gasteiger charge is -2.32. The van der Waals surface area contributed by atoms with Gasteiger partial charge in [-0.1, -0.05) is 18.2 Å². The molecule has 4 rings (SSSR count). The van der Waals surface area contributed by atoms with Gasteiger partial charge in [0.1, 0.15) is 11.8 Å². The normalized spacial score (nSPS) is 24.8. The quantitative estimate of drug-likeness (QED) is 0.688. The van der Waals surface area contributed by atoms with Crippen molar-refractivity contribution in [3.8, 4) is 0 Å². The molecule has 29 heavy (non-hydrogen) atoms. The Morgan fingerprint density at radius 3 is 2.59 bits per heavy atom. The minimum absolute atomic E-state index is 0.0681. The lowest BCUT2D eigenvalue weighted by Crippen LogP contribution is -2.50. The zero-order chi connectivity index (χ0) is 20.2. The summed E-state index contributed by atoms with van der Waals surface area (Å²) in [5.41, 5.74) is 1.14. The summed E-state index contributed by atoms with van der Waals surface area (Å²) < 4.78 is 5.15. The number of hydrazone groups is 1. The Morgan fingerprint density at radius 2 is 1.86 bits per heavy atom. The van der Waals surface area contributed by atoms with Crippen LogP contribution in [-0.2, 0) is 14.3 Å². The molecule has 3 aliphatic heterocycles. The molecule has 0 bridgehead atoms. The second-order valence-electron chi connectivity index (χ2n) is 8.00. The summed E-state index contributed by atoms with van der Waals surface area (Å²) in [5.74, 6) is -0.364. The van der Waals surface area contributed by atoms with Crippen LogP contribution in [0.25, 0.3) is 0 Å². The van der Waals surface area contributed by atoms with Gasteiger partial charge in [0.15, 0.2) is 0 Å². The summed E-state index contributed by atoms with van der Waals surface area (Å²) in [6.07, 6.45) is 4.88. The third-order valence-corrected chi connectivity index (χ3v) is 6.06. The Balaban J connectivity index is 1.53. The molecule has 1 aromatic rings. The summed E-state index contributed by atoms with van der Waals surface area (Å²) in [4.78, 5) is 30.4. The molecule has 156 valence electrons. The SMILES string of the molecule is CCOC(=O)C1=NN(c2ccccc2)C(C(=O)N2CCCC2CN2CCCC2)C1. The van der Waals surface area contributed by atoms with E-state index in [2.05, 4.69) is 10.0 Å². The Bertz CT molecular complexity index is 761. The molecule has 0 N–H and O–H groups in total. The zero-order valence-electron chi connectivity index (χ0n) is 17.1. The monoisotopic (exact) mass is 398 g/mol. The van der Waals surface area contributed by atoms with E-state index in [-0.39, 0.29) is 11.9 Å². The van der Waals surface area contributed by atoms with Gasteiger partial charge in [-0.2, -0.15) is 5.10 Å². The fraction of sp³-hybridized carbons (Fsp3) is 0.591. The van der Waals surface area contributed by atoms with Crippen LogP contribution in [-0.4, -0.2) is 72.3 Å². The summed E-state index contributed by atoms with van der Waals surface area (Å²) in [6, 6.07) is 9.37. The molecule has 2 fully saturated rings. The molecular formula is C22H30N4O3. The van der Waals surface area contributed by atoms with Gasteiger partial charge in [0, 0.05) is 25.6 Å². The van der Waals surface area contributed by atoms with Gasteiger partial charge in [0.05, 0.1) is 12.3 Å². The number of hydrogen-bond acceptors (Lipinski definition) is 6. The van der Waals surface area contributed by atoms with Crippen LogP contribution in [0.15, 0.2) is 35.4 Å². The molecule has 0 spiro atoms. The number of likely N-dealkylation sites (tertiary alicyclic amines) is 2. The van der Waals surface area contributed by atoms with E-state index in [1.807, 2.05) is 35.2 Å². The number of para-hydroxylation sites is 1. The van der Waals surface area contributed by atoms with Crippen LogP contribution in [0.5, 0.6) is 0 Å². The van der Waals surface area contributed by atoms with Crippen molar-refractivity contribution in [2.24, 2.45) is 5.10 Å². The van der Waals surface area contributed by atoms with Gasteiger partial charge >= 0.3 is 5.97 Å². The molecule has 2 atom stereocenters. The fourth-order valence-corrected chi connectivity index (χ4v) is 4.63. The minimum atomic E-state index is -0.490. The van der Waals surface area contributed by atoms with E-state index in [0.717, 1.165) is 44.7 Å². The molecule has 7 heteroatoms. The van der Waals surface area contributed by atoms with Crippen LogP contribution < -0.4 is 5.01 Å². The highest BCUT2D eigenvalue weighted by Crippen LogP contribution is 2.29. The number of hydrogen-bond donors (Lipinski definition) is 0. The number of ether oxygens (including phenoxy) is 1. The van der Waals surface area contributed by atoms with Crippen LogP contribution in [0.2, 0.25) is 0 Å². The average molecular weight is 399 g/mol. The van der Waals surface area contributed by atoms with Gasteiger partial charge < -0.3 is 14.5 Å². The molecule has 0 radical (unpaired) electrons. The first kappa shape index (κ1) is 19.9. The number of amides is 1. The number of benzene rings is 1. The molecule has 2 saturated heterocycles. The summed E-state index contributed by atoms with van der Waals surface area (Å²) in [5, 5.41) is 6.20. The Labute approximate surface area is 172 Å². The third-order valence-electron chi connectivity index (χ3n) is 6.06. The van der Waals surface area contributed by atoms with E-state index >= 15 is 0 Å². The van der Waals surface area contributed by atoms with Crippen LogP contribution in [0, 0.1) is 0 Å². The Kier molecular flexibility index (Phi) is 6.13. The summed E-state index contributed by atoms with van der Waals surface area (Å²) in [6.45, 7) is 6.08. The average Bonchev–Trinajstić information content (AvgIpc) is 3.49. The van der Waals surface area contributed by atoms with Crippen molar-refractivity contribution < 1.29 is 14.3 Å². The van der Waals surface area contributed by atoms with Crippen molar-refractivity contribution in [3.63, 3.8) is 0 Å². The van der Waals surface area contributed by atoms with Gasteiger partial charge in [-0.25, -0.2) is 4.79 Å². The maximum atomic E-state index is 13.6. The van der Waals surface area contributed by atoms with Crippen LogP contribution >= 0.6 is 0 Å². The molecule has 3 heterocycles. The van der Waals surface area contributed by atoms with Crippen LogP contribution in [0.4, 0.5) is 5.69 Å². The number of nitrogens with zero attached hydrogens (tertiary/aromatic N) is 4. The van der Waals surface area contributed by atoms with Crippen molar-refractivity contribution >= 4 is 23.3 Å². The third kappa shape index (κ3) is 4.29. The lowest BCUT2D eigenvalue weighted by atomic mass is 10.1. The molecule has 3 aliphatic rings. The summed E-state index contributed by atoms with van der Waals surface area (Å²) in [7, 11) is 0. The highest BCUT2D eigenvalue weighted by atomic mass is 16.5. The number of carbonyl (C=O) groups excluding carboxylic acids is 2. The first-order valence-electron chi connectivity index (χ1n) is 10.8. The smallest absolute Gasteiger partial charge is 0.354 e. The number of carbonyl (C=O) groups is 2. The van der Waals surface area contributed by atoms with E-state index in [0.29, 0.717) is 18.7 Å². The highest BCUT2D eigenvalue weighted by molar-refractivity contribution is 6.38. The second kappa shape index (κ2) is 8.95. The van der Waals surface area contributed by atoms with E-state index in [9.17, 15) is 9.59 Å². The predicted molar refractivity (Wildman–Crippen MR) is 112 cm³/mol. The van der Waals surface area contributed by atoms with Crippen molar-refractivity contribution in [1.82, 2.24) is 9.80 Å². The van der Waals surface area contributed by atoms with Crippen molar-refractivity contribution in [1.29, 1.82) is 0 Å².